The van der Waals surface area contributed by atoms with E-state index in [9.17, 15) is 4.79 Å². The minimum atomic E-state index is -0.0916. The molecule has 4 heteroatoms. The quantitative estimate of drug-likeness (QED) is 0.836. The number of hydrogen-bond acceptors (Lipinski definition) is 3. The van der Waals surface area contributed by atoms with Gasteiger partial charge in [0.1, 0.15) is 0 Å². The lowest BCUT2D eigenvalue weighted by atomic mass is 10.0. The fourth-order valence-electron chi connectivity index (χ4n) is 3.33. The van der Waals surface area contributed by atoms with E-state index >= 15 is 0 Å². The minimum absolute atomic E-state index is 0.0915. The molecule has 0 aromatic heterocycles. The Morgan fingerprint density at radius 1 is 1.29 bits per heavy atom. The molecule has 21 heavy (non-hydrogen) atoms. The Kier molecular flexibility index (Phi) is 3.32. The third-order valence-corrected chi connectivity index (χ3v) is 4.27. The molecule has 1 fully saturated rings. The summed E-state index contributed by atoms with van der Waals surface area (Å²) < 4.78 is 0. The van der Waals surface area contributed by atoms with Crippen molar-refractivity contribution in [3.05, 3.63) is 48.2 Å². The summed E-state index contributed by atoms with van der Waals surface area (Å²) in [6.45, 7) is 8.41. The number of amides is 1. The number of rotatable bonds is 2. The van der Waals surface area contributed by atoms with Crippen molar-refractivity contribution < 1.29 is 4.79 Å². The van der Waals surface area contributed by atoms with Gasteiger partial charge in [0.05, 0.1) is 18.5 Å². The van der Waals surface area contributed by atoms with E-state index in [0.29, 0.717) is 12.3 Å². The molecule has 2 aliphatic rings. The van der Waals surface area contributed by atoms with Gasteiger partial charge in [-0.1, -0.05) is 50.8 Å². The van der Waals surface area contributed by atoms with Gasteiger partial charge in [0.25, 0.3) is 0 Å². The molecule has 1 aromatic rings. The molecule has 0 aliphatic carbocycles. The molecule has 0 radical (unpaired) electrons. The van der Waals surface area contributed by atoms with Crippen molar-refractivity contribution in [1.82, 2.24) is 9.80 Å². The van der Waals surface area contributed by atoms with Gasteiger partial charge in [0.2, 0.25) is 11.9 Å². The first kappa shape index (κ1) is 13.9. The molecule has 2 atom stereocenters. The summed E-state index contributed by atoms with van der Waals surface area (Å²) in [6.07, 6.45) is 0.408. The summed E-state index contributed by atoms with van der Waals surface area (Å²) in [4.78, 5) is 21.1. The maximum atomic E-state index is 12.5. The van der Waals surface area contributed by atoms with Gasteiger partial charge in [-0.15, -0.1) is 0 Å². The predicted molar refractivity (Wildman–Crippen MR) is 83.6 cm³/mol. The Morgan fingerprint density at radius 3 is 2.57 bits per heavy atom. The topological polar surface area (TPSA) is 35.9 Å². The molecule has 2 unspecified atom stereocenters. The lowest BCUT2D eigenvalue weighted by Gasteiger charge is -2.27. The molecule has 0 bridgehead atoms. The molecule has 1 aromatic carbocycles. The van der Waals surface area contributed by atoms with Crippen molar-refractivity contribution in [3.8, 4) is 0 Å². The number of guanidine groups is 1. The Balaban J connectivity index is 2.00. The van der Waals surface area contributed by atoms with Crippen LogP contribution in [0.5, 0.6) is 0 Å². The second kappa shape index (κ2) is 5.02. The smallest absolute Gasteiger partial charge is 0.236 e. The average molecular weight is 283 g/mol. The third kappa shape index (κ3) is 2.15. The lowest BCUT2D eigenvalue weighted by molar-refractivity contribution is -0.126. The molecule has 0 spiro atoms. The minimum Gasteiger partial charge on any atom is -0.336 e. The zero-order valence-electron chi connectivity index (χ0n) is 12.8. The first-order valence-electron chi connectivity index (χ1n) is 7.38. The van der Waals surface area contributed by atoms with Crippen LogP contribution in [0.15, 0.2) is 47.6 Å². The van der Waals surface area contributed by atoms with Crippen LogP contribution in [0.2, 0.25) is 0 Å². The van der Waals surface area contributed by atoms with Crippen molar-refractivity contribution in [3.63, 3.8) is 0 Å². The molecule has 110 valence electrons. The highest BCUT2D eigenvalue weighted by Crippen LogP contribution is 2.36. The van der Waals surface area contributed by atoms with Crippen LogP contribution in [-0.2, 0) is 4.79 Å². The largest absolute Gasteiger partial charge is 0.336 e. The summed E-state index contributed by atoms with van der Waals surface area (Å²) in [5.41, 5.74) is 1.94. The average Bonchev–Trinajstić information content (AvgIpc) is 2.72. The molecule has 2 heterocycles. The number of likely N-dealkylation sites (N-methyl/N-ethyl adjacent to an activating group) is 1. The van der Waals surface area contributed by atoms with Crippen LogP contribution in [0.3, 0.4) is 0 Å². The maximum absolute atomic E-state index is 12.5. The van der Waals surface area contributed by atoms with Gasteiger partial charge in [-0.25, -0.2) is 4.99 Å². The fraction of sp³-hybridized carbons (Fsp3) is 0.412. The summed E-state index contributed by atoms with van der Waals surface area (Å²) in [5.74, 6) is 1.22. The monoisotopic (exact) mass is 283 g/mol. The van der Waals surface area contributed by atoms with E-state index in [1.165, 1.54) is 0 Å². The molecular formula is C17H21N3O. The van der Waals surface area contributed by atoms with E-state index in [0.717, 1.165) is 17.2 Å². The van der Waals surface area contributed by atoms with E-state index < -0.39 is 0 Å². The number of aliphatic imine (C=N–C) groups is 1. The van der Waals surface area contributed by atoms with Crippen LogP contribution in [0, 0.1) is 5.92 Å². The highest BCUT2D eigenvalue weighted by atomic mass is 16.2. The van der Waals surface area contributed by atoms with Crippen molar-refractivity contribution in [2.45, 2.75) is 32.4 Å². The van der Waals surface area contributed by atoms with Crippen molar-refractivity contribution >= 4 is 11.9 Å². The van der Waals surface area contributed by atoms with E-state index in [1.807, 2.05) is 37.4 Å². The van der Waals surface area contributed by atoms with Crippen LogP contribution >= 0.6 is 0 Å². The second-order valence-corrected chi connectivity index (χ2v) is 6.08. The summed E-state index contributed by atoms with van der Waals surface area (Å²) >= 11 is 0. The lowest BCUT2D eigenvalue weighted by Crippen LogP contribution is -2.40. The predicted octanol–water partition coefficient (Wildman–Crippen LogP) is 2.80. The van der Waals surface area contributed by atoms with Crippen LogP contribution in [0.4, 0.5) is 0 Å². The maximum Gasteiger partial charge on any atom is 0.236 e. The van der Waals surface area contributed by atoms with E-state index in [1.54, 1.807) is 4.90 Å². The number of nitrogens with zero attached hydrogens (tertiary/aromatic N) is 3. The Hall–Kier alpha value is -2.10. The Labute approximate surface area is 125 Å². The molecule has 2 aliphatic heterocycles. The van der Waals surface area contributed by atoms with Crippen molar-refractivity contribution in [2.24, 2.45) is 10.9 Å². The zero-order chi connectivity index (χ0) is 15.1. The van der Waals surface area contributed by atoms with Crippen molar-refractivity contribution in [2.75, 3.05) is 7.05 Å². The van der Waals surface area contributed by atoms with Crippen molar-refractivity contribution in [1.29, 1.82) is 0 Å². The second-order valence-electron chi connectivity index (χ2n) is 6.08. The van der Waals surface area contributed by atoms with E-state index in [-0.39, 0.29) is 18.0 Å². The first-order valence-corrected chi connectivity index (χ1v) is 7.38. The summed E-state index contributed by atoms with van der Waals surface area (Å²) in [7, 11) is 2.00. The summed E-state index contributed by atoms with van der Waals surface area (Å²) in [6, 6.07) is 10.1. The van der Waals surface area contributed by atoms with Gasteiger partial charge in [-0.05, 0) is 11.5 Å². The molecule has 0 N–H and O–H groups in total. The van der Waals surface area contributed by atoms with Gasteiger partial charge in [0.15, 0.2) is 0 Å². The highest BCUT2D eigenvalue weighted by molar-refractivity contribution is 6.03. The number of fused-ring (bicyclic) bond motifs is 1. The summed E-state index contributed by atoms with van der Waals surface area (Å²) in [5, 5.41) is 0. The van der Waals surface area contributed by atoms with Gasteiger partial charge >= 0.3 is 0 Å². The number of carbonyl (C=O) groups excluding carboxylic acids is 1. The highest BCUT2D eigenvalue weighted by Gasteiger charge is 2.44. The van der Waals surface area contributed by atoms with Crippen LogP contribution in [-0.4, -0.2) is 34.8 Å². The first-order chi connectivity index (χ1) is 10.0. The number of hydrogen-bond donors (Lipinski definition) is 0. The fourth-order valence-corrected chi connectivity index (χ4v) is 3.33. The standard InChI is InChI=1S/C17H21N3O/c1-11(2)16-12(3)20-15(21)10-14(18-17(20)19(16)4)13-8-6-5-7-9-13/h5-9,11,14,16H,3,10H2,1-2,4H3. The zero-order valence-corrected chi connectivity index (χ0v) is 12.8. The van der Waals surface area contributed by atoms with Gasteiger partial charge in [-0.3, -0.25) is 9.69 Å². The molecule has 0 saturated carbocycles. The van der Waals surface area contributed by atoms with E-state index in [2.05, 4.69) is 25.3 Å². The number of benzene rings is 1. The van der Waals surface area contributed by atoms with Crippen LogP contribution in [0.25, 0.3) is 0 Å². The van der Waals surface area contributed by atoms with Gasteiger partial charge in [-0.2, -0.15) is 0 Å². The van der Waals surface area contributed by atoms with Gasteiger partial charge in [0, 0.05) is 12.7 Å². The Bertz CT molecular complexity index is 606. The Morgan fingerprint density at radius 2 is 1.95 bits per heavy atom. The van der Waals surface area contributed by atoms with Crippen LogP contribution in [0.1, 0.15) is 31.9 Å². The van der Waals surface area contributed by atoms with Crippen LogP contribution < -0.4 is 0 Å². The normalized spacial score (nSPS) is 25.4. The SMILES string of the molecule is C=C1C(C(C)C)N(C)C2=NC(c3ccccc3)CC(=O)N12. The third-order valence-electron chi connectivity index (χ3n) is 4.27. The molecule has 1 amide bonds. The molecule has 3 rings (SSSR count). The molecular weight excluding hydrogens is 262 g/mol. The van der Waals surface area contributed by atoms with E-state index in [4.69, 9.17) is 4.99 Å². The van der Waals surface area contributed by atoms with Gasteiger partial charge < -0.3 is 4.90 Å². The molecule has 1 saturated heterocycles. The molecule has 4 nitrogen and oxygen atoms in total. The number of carbonyl (C=O) groups is 1.